The van der Waals surface area contributed by atoms with E-state index in [-0.39, 0.29) is 11.8 Å². The van der Waals surface area contributed by atoms with Crippen molar-refractivity contribution >= 4 is 62.2 Å². The van der Waals surface area contributed by atoms with E-state index in [2.05, 4.69) is 15.9 Å². The van der Waals surface area contributed by atoms with Crippen LogP contribution < -0.4 is 4.74 Å². The van der Waals surface area contributed by atoms with Crippen molar-refractivity contribution in [1.82, 2.24) is 5.01 Å². The standard InChI is InChI=1S/C23H14BrCl3N2O2/c24-14-5-1-12(2-6-14)19-11-20-17-9-16(26)10-18(27)22(17)31-23(29(20)28-19)21(30)13-3-7-15(25)8-4-13/h1-10,20,23H,11H2/t20-,23+/m1/s1. The van der Waals surface area contributed by atoms with Crippen LogP contribution in [-0.2, 0) is 0 Å². The zero-order valence-electron chi connectivity index (χ0n) is 15.9. The molecule has 156 valence electrons. The number of ether oxygens (including phenoxy) is 1. The SMILES string of the molecule is O=C(c1ccc(Cl)cc1)[C@@H]1Oc2c(Cl)cc(Cl)cc2[C@H]2CC(c3ccc(Br)cc3)=NN21. The second kappa shape index (κ2) is 8.14. The summed E-state index contributed by atoms with van der Waals surface area (Å²) in [5.41, 5.74) is 3.13. The second-order valence-corrected chi connectivity index (χ2v) is 9.50. The molecule has 31 heavy (non-hydrogen) atoms. The van der Waals surface area contributed by atoms with Gasteiger partial charge in [-0.05, 0) is 54.1 Å². The summed E-state index contributed by atoms with van der Waals surface area (Å²) in [5.74, 6) is 0.242. The van der Waals surface area contributed by atoms with E-state index in [0.717, 1.165) is 21.3 Å². The van der Waals surface area contributed by atoms with E-state index in [1.54, 1.807) is 35.3 Å². The first-order valence-corrected chi connectivity index (χ1v) is 11.4. The number of halogens is 4. The molecule has 0 N–H and O–H groups in total. The van der Waals surface area contributed by atoms with Crippen LogP contribution in [0.15, 0.2) is 70.2 Å². The Morgan fingerprint density at radius 3 is 2.42 bits per heavy atom. The molecule has 5 rings (SSSR count). The quantitative estimate of drug-likeness (QED) is 0.334. The molecule has 0 saturated heterocycles. The third-order valence-electron chi connectivity index (χ3n) is 5.34. The number of Topliss-reactive ketones (excluding diaryl/α,β-unsaturated/α-hetero) is 1. The molecule has 2 heterocycles. The number of carbonyl (C=O) groups excluding carboxylic acids is 1. The summed E-state index contributed by atoms with van der Waals surface area (Å²) in [6, 6.07) is 17.8. The minimum atomic E-state index is -0.953. The highest BCUT2D eigenvalue weighted by molar-refractivity contribution is 9.10. The summed E-state index contributed by atoms with van der Waals surface area (Å²) in [7, 11) is 0. The normalized spacial score (nSPS) is 19.4. The van der Waals surface area contributed by atoms with Gasteiger partial charge in [-0.1, -0.05) is 62.9 Å². The maximum absolute atomic E-state index is 13.4. The fourth-order valence-electron chi connectivity index (χ4n) is 3.86. The lowest BCUT2D eigenvalue weighted by molar-refractivity contribution is -0.00447. The first kappa shape index (κ1) is 20.8. The van der Waals surface area contributed by atoms with Crippen LogP contribution in [0, 0.1) is 0 Å². The van der Waals surface area contributed by atoms with E-state index in [1.807, 2.05) is 30.3 Å². The molecule has 0 fully saturated rings. The molecule has 8 heteroatoms. The van der Waals surface area contributed by atoms with Crippen LogP contribution in [0.2, 0.25) is 15.1 Å². The molecule has 0 spiro atoms. The predicted octanol–water partition coefficient (Wildman–Crippen LogP) is 7.16. The highest BCUT2D eigenvalue weighted by atomic mass is 79.9. The van der Waals surface area contributed by atoms with E-state index in [4.69, 9.17) is 44.6 Å². The Morgan fingerprint density at radius 2 is 1.71 bits per heavy atom. The summed E-state index contributed by atoms with van der Waals surface area (Å²) in [6.45, 7) is 0. The Labute approximate surface area is 202 Å². The van der Waals surface area contributed by atoms with Gasteiger partial charge in [-0.15, -0.1) is 0 Å². The van der Waals surface area contributed by atoms with Crippen molar-refractivity contribution in [3.63, 3.8) is 0 Å². The van der Waals surface area contributed by atoms with Crippen LogP contribution in [0.3, 0.4) is 0 Å². The van der Waals surface area contributed by atoms with E-state index >= 15 is 0 Å². The van der Waals surface area contributed by atoms with Crippen molar-refractivity contribution in [2.75, 3.05) is 0 Å². The molecular formula is C23H14BrCl3N2O2. The predicted molar refractivity (Wildman–Crippen MR) is 127 cm³/mol. The fourth-order valence-corrected chi connectivity index (χ4v) is 4.80. The average Bonchev–Trinajstić information content (AvgIpc) is 3.19. The first-order valence-electron chi connectivity index (χ1n) is 9.48. The van der Waals surface area contributed by atoms with Crippen molar-refractivity contribution in [3.8, 4) is 5.75 Å². The maximum Gasteiger partial charge on any atom is 0.251 e. The summed E-state index contributed by atoms with van der Waals surface area (Å²) >= 11 is 22.2. The molecule has 0 saturated carbocycles. The molecule has 2 aliphatic rings. The molecule has 0 aliphatic carbocycles. The van der Waals surface area contributed by atoms with Gasteiger partial charge < -0.3 is 4.74 Å². The molecule has 4 nitrogen and oxygen atoms in total. The van der Waals surface area contributed by atoms with Gasteiger partial charge in [-0.2, -0.15) is 5.10 Å². The van der Waals surface area contributed by atoms with Gasteiger partial charge in [0.2, 0.25) is 5.78 Å². The lowest BCUT2D eigenvalue weighted by Crippen LogP contribution is -2.46. The zero-order chi connectivity index (χ0) is 21.7. The van der Waals surface area contributed by atoms with Gasteiger partial charge in [0, 0.05) is 32.1 Å². The van der Waals surface area contributed by atoms with Crippen LogP contribution in [-0.4, -0.2) is 22.7 Å². The average molecular weight is 537 g/mol. The number of benzene rings is 3. The van der Waals surface area contributed by atoms with Crippen molar-refractivity contribution in [2.45, 2.75) is 18.7 Å². The number of carbonyl (C=O) groups is 1. The number of hydrogen-bond donors (Lipinski definition) is 0. The third kappa shape index (κ3) is 3.85. The minimum Gasteiger partial charge on any atom is -0.459 e. The van der Waals surface area contributed by atoms with Gasteiger partial charge in [0.1, 0.15) is 5.75 Å². The van der Waals surface area contributed by atoms with E-state index in [9.17, 15) is 4.79 Å². The molecule has 0 bridgehead atoms. The molecule has 3 aromatic carbocycles. The number of hydrogen-bond acceptors (Lipinski definition) is 4. The lowest BCUT2D eigenvalue weighted by atomic mass is 9.95. The van der Waals surface area contributed by atoms with Crippen molar-refractivity contribution in [3.05, 3.63) is 96.9 Å². The largest absolute Gasteiger partial charge is 0.459 e. The van der Waals surface area contributed by atoms with Crippen LogP contribution >= 0.6 is 50.7 Å². The Kier molecular flexibility index (Phi) is 5.47. The molecule has 0 amide bonds. The molecular weight excluding hydrogens is 523 g/mol. The molecule has 3 aromatic rings. The highest BCUT2D eigenvalue weighted by Gasteiger charge is 2.44. The Bertz CT molecular complexity index is 1210. The number of fused-ring (bicyclic) bond motifs is 3. The van der Waals surface area contributed by atoms with E-state index in [0.29, 0.717) is 32.8 Å². The van der Waals surface area contributed by atoms with Crippen molar-refractivity contribution in [2.24, 2.45) is 5.10 Å². The molecule has 2 atom stereocenters. The van der Waals surface area contributed by atoms with Crippen LogP contribution in [0.1, 0.15) is 33.9 Å². The third-order valence-corrected chi connectivity index (χ3v) is 6.62. The minimum absolute atomic E-state index is 0.222. The van der Waals surface area contributed by atoms with Gasteiger partial charge in [0.15, 0.2) is 0 Å². The smallest absolute Gasteiger partial charge is 0.251 e. The van der Waals surface area contributed by atoms with Crippen LogP contribution in [0.5, 0.6) is 5.75 Å². The summed E-state index contributed by atoms with van der Waals surface area (Å²) in [6.07, 6.45) is -0.357. The van der Waals surface area contributed by atoms with Crippen molar-refractivity contribution in [1.29, 1.82) is 0 Å². The molecule has 0 unspecified atom stereocenters. The first-order chi connectivity index (χ1) is 14.9. The van der Waals surface area contributed by atoms with Gasteiger partial charge >= 0.3 is 0 Å². The highest BCUT2D eigenvalue weighted by Crippen LogP contribution is 2.47. The number of nitrogens with zero attached hydrogens (tertiary/aromatic N) is 2. The number of rotatable bonds is 3. The summed E-state index contributed by atoms with van der Waals surface area (Å²) in [4.78, 5) is 13.4. The lowest BCUT2D eigenvalue weighted by Gasteiger charge is -2.37. The summed E-state index contributed by atoms with van der Waals surface area (Å²) < 4.78 is 7.10. The topological polar surface area (TPSA) is 41.9 Å². The van der Waals surface area contributed by atoms with Crippen LogP contribution in [0.4, 0.5) is 0 Å². The molecule has 2 aliphatic heterocycles. The van der Waals surface area contributed by atoms with Gasteiger partial charge in [0.05, 0.1) is 16.8 Å². The monoisotopic (exact) mass is 534 g/mol. The van der Waals surface area contributed by atoms with Crippen molar-refractivity contribution < 1.29 is 9.53 Å². The maximum atomic E-state index is 13.4. The van der Waals surface area contributed by atoms with Crippen LogP contribution in [0.25, 0.3) is 0 Å². The molecule has 0 aromatic heterocycles. The number of hydrazone groups is 1. The number of ketones is 1. The van der Waals surface area contributed by atoms with Gasteiger partial charge in [0.25, 0.3) is 6.23 Å². The Balaban J connectivity index is 1.59. The Morgan fingerprint density at radius 1 is 1.00 bits per heavy atom. The Hall–Kier alpha value is -2.05. The fraction of sp³-hybridized carbons (Fsp3) is 0.130. The van der Waals surface area contributed by atoms with E-state index < -0.39 is 6.23 Å². The van der Waals surface area contributed by atoms with Gasteiger partial charge in [-0.25, -0.2) is 5.01 Å². The summed E-state index contributed by atoms with van der Waals surface area (Å²) in [5, 5.41) is 7.93. The molecule has 0 radical (unpaired) electrons. The van der Waals surface area contributed by atoms with E-state index in [1.165, 1.54) is 0 Å². The second-order valence-electron chi connectivity index (χ2n) is 7.30. The zero-order valence-corrected chi connectivity index (χ0v) is 19.7. The van der Waals surface area contributed by atoms with Gasteiger partial charge in [-0.3, -0.25) is 4.79 Å².